The average molecular weight is 311 g/mol. The molecule has 1 aromatic carbocycles. The average Bonchev–Trinajstić information content (AvgIpc) is 2.33. The Morgan fingerprint density at radius 1 is 1.11 bits per heavy atom. The maximum absolute atomic E-state index is 12.0. The summed E-state index contributed by atoms with van der Waals surface area (Å²) in [6.45, 7) is 4.26. The lowest BCUT2D eigenvalue weighted by molar-refractivity contribution is 0.0978. The summed E-state index contributed by atoms with van der Waals surface area (Å²) >= 11 is 3.47. The van der Waals surface area contributed by atoms with E-state index in [-0.39, 0.29) is 5.78 Å². The fourth-order valence-corrected chi connectivity index (χ4v) is 2.76. The first-order valence-corrected chi connectivity index (χ1v) is 7.73. The Kier molecular flexibility index (Phi) is 7.26. The lowest BCUT2D eigenvalue weighted by Gasteiger charge is -2.05. The van der Waals surface area contributed by atoms with E-state index in [2.05, 4.69) is 22.9 Å². The van der Waals surface area contributed by atoms with Crippen molar-refractivity contribution >= 4 is 21.7 Å². The van der Waals surface area contributed by atoms with E-state index in [1.165, 1.54) is 37.7 Å². The predicted octanol–water partition coefficient (Wildman–Crippen LogP) is 5.69. The highest BCUT2D eigenvalue weighted by Crippen LogP contribution is 2.21. The monoisotopic (exact) mass is 310 g/mol. The molecule has 0 radical (unpaired) electrons. The number of Topliss-reactive ketones (excluding diaryl/α,β-unsaturated/α-hetero) is 1. The summed E-state index contributed by atoms with van der Waals surface area (Å²) in [4.78, 5) is 12.0. The van der Waals surface area contributed by atoms with E-state index in [0.717, 1.165) is 16.5 Å². The molecular weight excluding hydrogens is 288 g/mol. The molecule has 0 amide bonds. The van der Waals surface area contributed by atoms with Gasteiger partial charge in [-0.1, -0.05) is 67.1 Å². The quantitative estimate of drug-likeness (QED) is 0.445. The van der Waals surface area contributed by atoms with E-state index in [1.807, 2.05) is 25.1 Å². The van der Waals surface area contributed by atoms with Gasteiger partial charge in [0.2, 0.25) is 0 Å². The number of ketones is 1. The Hall–Kier alpha value is -0.630. The van der Waals surface area contributed by atoms with Gasteiger partial charge in [-0.3, -0.25) is 4.79 Å². The summed E-state index contributed by atoms with van der Waals surface area (Å²) in [5.74, 6) is 0.261. The first kappa shape index (κ1) is 15.4. The SMILES string of the molecule is CCCCCCCCC(=O)c1ccc(C)cc1Br. The summed E-state index contributed by atoms with van der Waals surface area (Å²) in [6.07, 6.45) is 8.02. The van der Waals surface area contributed by atoms with Gasteiger partial charge in [0.1, 0.15) is 0 Å². The van der Waals surface area contributed by atoms with Crippen LogP contribution in [0.2, 0.25) is 0 Å². The Bertz CT molecular complexity index is 385. The van der Waals surface area contributed by atoms with Crippen LogP contribution in [0, 0.1) is 6.92 Å². The third-order valence-electron chi connectivity index (χ3n) is 3.18. The number of aryl methyl sites for hydroxylation is 1. The van der Waals surface area contributed by atoms with Gasteiger partial charge >= 0.3 is 0 Å². The molecule has 0 heterocycles. The highest BCUT2D eigenvalue weighted by molar-refractivity contribution is 9.10. The number of unbranched alkanes of at least 4 members (excludes halogenated alkanes) is 5. The van der Waals surface area contributed by atoms with Crippen LogP contribution in [-0.4, -0.2) is 5.78 Å². The molecule has 1 aromatic rings. The first-order valence-electron chi connectivity index (χ1n) is 6.94. The third kappa shape index (κ3) is 5.34. The molecule has 0 N–H and O–H groups in total. The Balaban J connectivity index is 2.32. The normalized spacial score (nSPS) is 10.6. The Morgan fingerprint density at radius 2 is 1.78 bits per heavy atom. The topological polar surface area (TPSA) is 17.1 Å². The second kappa shape index (κ2) is 8.47. The summed E-state index contributed by atoms with van der Waals surface area (Å²) < 4.78 is 0.929. The molecule has 0 spiro atoms. The summed E-state index contributed by atoms with van der Waals surface area (Å²) in [7, 11) is 0. The van der Waals surface area contributed by atoms with Crippen LogP contribution in [0.4, 0.5) is 0 Å². The van der Waals surface area contributed by atoms with Crippen LogP contribution in [0.5, 0.6) is 0 Å². The van der Waals surface area contributed by atoms with E-state index in [4.69, 9.17) is 0 Å². The first-order chi connectivity index (χ1) is 8.65. The van der Waals surface area contributed by atoms with Crippen molar-refractivity contribution in [3.8, 4) is 0 Å². The minimum atomic E-state index is 0.261. The molecule has 0 saturated carbocycles. The lowest BCUT2D eigenvalue weighted by Crippen LogP contribution is -2.00. The summed E-state index contributed by atoms with van der Waals surface area (Å²) in [6, 6.07) is 5.94. The maximum Gasteiger partial charge on any atom is 0.164 e. The molecule has 1 nitrogen and oxygen atoms in total. The molecule has 0 bridgehead atoms. The van der Waals surface area contributed by atoms with Crippen LogP contribution in [0.3, 0.4) is 0 Å². The number of benzene rings is 1. The molecule has 2 heteroatoms. The van der Waals surface area contributed by atoms with Crippen molar-refractivity contribution in [3.63, 3.8) is 0 Å². The lowest BCUT2D eigenvalue weighted by atomic mass is 10.0. The number of carbonyl (C=O) groups is 1. The number of halogens is 1. The number of hydrogen-bond acceptors (Lipinski definition) is 1. The van der Waals surface area contributed by atoms with Gasteiger partial charge in [0.05, 0.1) is 0 Å². The van der Waals surface area contributed by atoms with Gasteiger partial charge in [-0.05, 0) is 25.0 Å². The van der Waals surface area contributed by atoms with Gasteiger partial charge in [0.25, 0.3) is 0 Å². The van der Waals surface area contributed by atoms with Crippen LogP contribution >= 0.6 is 15.9 Å². The van der Waals surface area contributed by atoms with Crippen molar-refractivity contribution in [3.05, 3.63) is 33.8 Å². The number of hydrogen-bond donors (Lipinski definition) is 0. The number of rotatable bonds is 8. The molecule has 0 fully saturated rings. The summed E-state index contributed by atoms with van der Waals surface area (Å²) in [5.41, 5.74) is 2.01. The minimum Gasteiger partial charge on any atom is -0.294 e. The summed E-state index contributed by atoms with van der Waals surface area (Å²) in [5, 5.41) is 0. The third-order valence-corrected chi connectivity index (χ3v) is 3.84. The van der Waals surface area contributed by atoms with E-state index < -0.39 is 0 Å². The van der Waals surface area contributed by atoms with Crippen LogP contribution in [-0.2, 0) is 0 Å². The smallest absolute Gasteiger partial charge is 0.164 e. The molecule has 100 valence electrons. The zero-order valence-electron chi connectivity index (χ0n) is 11.5. The van der Waals surface area contributed by atoms with E-state index in [1.54, 1.807) is 0 Å². The van der Waals surface area contributed by atoms with E-state index in [0.29, 0.717) is 6.42 Å². The van der Waals surface area contributed by atoms with Gasteiger partial charge in [-0.15, -0.1) is 0 Å². The van der Waals surface area contributed by atoms with Crippen LogP contribution in [0.25, 0.3) is 0 Å². The van der Waals surface area contributed by atoms with Crippen LogP contribution in [0.1, 0.15) is 67.8 Å². The molecule has 0 aliphatic heterocycles. The zero-order valence-corrected chi connectivity index (χ0v) is 13.1. The van der Waals surface area contributed by atoms with Crippen molar-refractivity contribution in [1.29, 1.82) is 0 Å². The highest BCUT2D eigenvalue weighted by atomic mass is 79.9. The fraction of sp³-hybridized carbons (Fsp3) is 0.562. The van der Waals surface area contributed by atoms with Crippen molar-refractivity contribution in [2.24, 2.45) is 0 Å². The fourth-order valence-electron chi connectivity index (χ4n) is 2.05. The molecule has 0 aromatic heterocycles. The molecule has 0 atom stereocenters. The van der Waals surface area contributed by atoms with Gasteiger partial charge in [0.15, 0.2) is 5.78 Å². The second-order valence-electron chi connectivity index (χ2n) is 4.92. The van der Waals surface area contributed by atoms with Crippen molar-refractivity contribution in [2.75, 3.05) is 0 Å². The Labute approximate surface area is 119 Å². The molecule has 0 aliphatic rings. The van der Waals surface area contributed by atoms with Crippen LogP contribution in [0.15, 0.2) is 22.7 Å². The Morgan fingerprint density at radius 3 is 2.44 bits per heavy atom. The molecule has 1 rings (SSSR count). The highest BCUT2D eigenvalue weighted by Gasteiger charge is 2.09. The van der Waals surface area contributed by atoms with Crippen molar-refractivity contribution in [1.82, 2.24) is 0 Å². The molecule has 0 aliphatic carbocycles. The predicted molar refractivity (Wildman–Crippen MR) is 81.2 cm³/mol. The van der Waals surface area contributed by atoms with E-state index >= 15 is 0 Å². The molecule has 18 heavy (non-hydrogen) atoms. The minimum absolute atomic E-state index is 0.261. The second-order valence-corrected chi connectivity index (χ2v) is 5.78. The van der Waals surface area contributed by atoms with Crippen molar-refractivity contribution in [2.45, 2.75) is 58.8 Å². The van der Waals surface area contributed by atoms with E-state index in [9.17, 15) is 4.79 Å². The zero-order chi connectivity index (χ0) is 13.4. The van der Waals surface area contributed by atoms with Crippen LogP contribution < -0.4 is 0 Å². The van der Waals surface area contributed by atoms with Gasteiger partial charge in [-0.2, -0.15) is 0 Å². The molecular formula is C16H23BrO. The van der Waals surface area contributed by atoms with Gasteiger partial charge in [0, 0.05) is 16.5 Å². The molecule has 0 saturated heterocycles. The van der Waals surface area contributed by atoms with Crippen molar-refractivity contribution < 1.29 is 4.79 Å². The van der Waals surface area contributed by atoms with Gasteiger partial charge in [-0.25, -0.2) is 0 Å². The van der Waals surface area contributed by atoms with Gasteiger partial charge < -0.3 is 0 Å². The maximum atomic E-state index is 12.0. The standard InChI is InChI=1S/C16H23BrO/c1-3-4-5-6-7-8-9-16(18)14-11-10-13(2)12-15(14)17/h10-12H,3-9H2,1-2H3. The largest absolute Gasteiger partial charge is 0.294 e. The number of carbonyl (C=O) groups excluding carboxylic acids is 1. The molecule has 0 unspecified atom stereocenters.